The molecule has 1 unspecified atom stereocenters. The van der Waals surface area contributed by atoms with Gasteiger partial charge in [0.1, 0.15) is 11.3 Å². The second kappa shape index (κ2) is 14.4. The number of non-ortho nitro benzene ring substituents is 1. The summed E-state index contributed by atoms with van der Waals surface area (Å²) in [6, 6.07) is 5.17. The van der Waals surface area contributed by atoms with Gasteiger partial charge in [0.15, 0.2) is 16.4 Å². The van der Waals surface area contributed by atoms with Gasteiger partial charge in [-0.3, -0.25) is 19.7 Å². The van der Waals surface area contributed by atoms with Crippen molar-refractivity contribution in [2.75, 3.05) is 38.3 Å². The number of fused-ring (bicyclic) bond motifs is 1. The van der Waals surface area contributed by atoms with Crippen molar-refractivity contribution in [3.8, 4) is 5.75 Å². The number of pyridine rings is 1. The topological polar surface area (TPSA) is 165 Å². The molecule has 1 aromatic heterocycles. The summed E-state index contributed by atoms with van der Waals surface area (Å²) in [4.78, 5) is 50.1. The van der Waals surface area contributed by atoms with Gasteiger partial charge >= 0.3 is 5.97 Å². The van der Waals surface area contributed by atoms with Crippen LogP contribution in [0.25, 0.3) is 10.9 Å². The van der Waals surface area contributed by atoms with E-state index in [1.165, 1.54) is 37.6 Å². The van der Waals surface area contributed by atoms with Crippen LogP contribution in [-0.2, 0) is 9.53 Å². The van der Waals surface area contributed by atoms with Gasteiger partial charge in [-0.05, 0) is 43.5 Å². The van der Waals surface area contributed by atoms with Crippen LogP contribution in [0.5, 0.6) is 5.75 Å². The van der Waals surface area contributed by atoms with E-state index in [1.54, 1.807) is 4.57 Å². The molecule has 0 spiro atoms. The maximum Gasteiger partial charge on any atom is 0.343 e. The number of ether oxygens (including phenoxy) is 2. The molecular weight excluding hydrogens is 660 g/mol. The summed E-state index contributed by atoms with van der Waals surface area (Å²) >= 11 is 11.4. The predicted octanol–water partition coefficient (Wildman–Crippen LogP) is 3.76. The van der Waals surface area contributed by atoms with Crippen molar-refractivity contribution in [2.24, 2.45) is 0 Å². The van der Waals surface area contributed by atoms with Crippen LogP contribution in [0.1, 0.15) is 54.3 Å². The molecule has 13 nitrogen and oxygen atoms in total. The van der Waals surface area contributed by atoms with E-state index in [2.05, 4.69) is 10.6 Å². The Morgan fingerprint density at radius 2 is 1.96 bits per heavy atom. The minimum absolute atomic E-state index is 0.0263. The molecule has 3 atom stereocenters. The highest BCUT2D eigenvalue weighted by Gasteiger charge is 2.33. The molecule has 0 bridgehead atoms. The van der Waals surface area contributed by atoms with Crippen molar-refractivity contribution >= 4 is 57.4 Å². The van der Waals surface area contributed by atoms with Crippen LogP contribution < -0.4 is 25.7 Å². The van der Waals surface area contributed by atoms with Crippen LogP contribution >= 0.6 is 23.2 Å². The summed E-state index contributed by atoms with van der Waals surface area (Å²) in [5.41, 5.74) is -0.357. The second-order valence-electron chi connectivity index (χ2n) is 11.6. The summed E-state index contributed by atoms with van der Waals surface area (Å²) in [6.07, 6.45) is 1.46. The number of nitrogens with one attached hydrogen (secondary N) is 2. The van der Waals surface area contributed by atoms with Crippen LogP contribution in [0.15, 0.2) is 41.3 Å². The molecule has 1 saturated heterocycles. The third-order valence-electron chi connectivity index (χ3n) is 8.26. The number of nitro groups is 1. The van der Waals surface area contributed by atoms with E-state index in [4.69, 9.17) is 32.7 Å². The van der Waals surface area contributed by atoms with Crippen molar-refractivity contribution in [3.63, 3.8) is 0 Å². The lowest BCUT2D eigenvalue weighted by Crippen LogP contribution is -2.49. The first kappa shape index (κ1) is 34.4. The molecule has 1 amide bonds. The third kappa shape index (κ3) is 7.45. The largest absolute Gasteiger partial charge is 0.492 e. The van der Waals surface area contributed by atoms with E-state index in [1.807, 2.05) is 11.8 Å². The third-order valence-corrected chi connectivity index (χ3v) is 8.66. The van der Waals surface area contributed by atoms with Gasteiger partial charge in [0.05, 0.1) is 41.7 Å². The number of alkyl halides is 2. The summed E-state index contributed by atoms with van der Waals surface area (Å²) in [5.74, 6) is -2.23. The van der Waals surface area contributed by atoms with E-state index in [0.29, 0.717) is 25.2 Å². The number of piperazine rings is 1. The predicted molar refractivity (Wildman–Crippen MR) is 173 cm³/mol. The Bertz CT molecular complexity index is 1730. The first-order valence-electron chi connectivity index (χ1n) is 15.0. The van der Waals surface area contributed by atoms with E-state index in [-0.39, 0.29) is 58.7 Å². The number of halogens is 3. The SMILES string of the molecule is COc1c(N2CCNC(C)C2)c(F)cc2c(=O)c(C(=O)OCC[C@@H](NC(=O)C(Cl)Cl)[C@H](O)c3ccc([N+](=O)[O-])cc3)cn(C3CC3)c12. The number of methoxy groups -OCH3 is 1. The molecule has 3 aromatic rings. The van der Waals surface area contributed by atoms with Crippen molar-refractivity contribution in [3.05, 3.63) is 73.8 Å². The zero-order chi connectivity index (χ0) is 34.0. The van der Waals surface area contributed by atoms with Gasteiger partial charge in [-0.1, -0.05) is 23.2 Å². The van der Waals surface area contributed by atoms with Crippen LogP contribution in [0.2, 0.25) is 0 Å². The zero-order valence-electron chi connectivity index (χ0n) is 25.6. The minimum atomic E-state index is -1.46. The van der Waals surface area contributed by atoms with Crippen LogP contribution in [0.4, 0.5) is 15.8 Å². The Morgan fingerprint density at radius 3 is 2.55 bits per heavy atom. The highest BCUT2D eigenvalue weighted by Crippen LogP contribution is 2.44. The maximum atomic E-state index is 15.8. The highest BCUT2D eigenvalue weighted by atomic mass is 35.5. The Hall–Kier alpha value is -3.98. The van der Waals surface area contributed by atoms with E-state index >= 15 is 4.39 Å². The number of hydrogen-bond donors (Lipinski definition) is 3. The lowest BCUT2D eigenvalue weighted by molar-refractivity contribution is -0.384. The number of aliphatic hydroxyl groups is 1. The molecule has 16 heteroatoms. The fourth-order valence-corrected chi connectivity index (χ4v) is 5.92. The number of hydrogen-bond acceptors (Lipinski definition) is 10. The average molecular weight is 695 g/mol. The Kier molecular flexibility index (Phi) is 10.5. The number of esters is 1. The number of benzene rings is 2. The van der Waals surface area contributed by atoms with Gasteiger partial charge < -0.3 is 34.7 Å². The Morgan fingerprint density at radius 1 is 1.26 bits per heavy atom. The molecule has 5 rings (SSSR count). The van der Waals surface area contributed by atoms with Gasteiger partial charge in [0.25, 0.3) is 11.6 Å². The van der Waals surface area contributed by atoms with Gasteiger partial charge in [-0.15, -0.1) is 0 Å². The van der Waals surface area contributed by atoms with Gasteiger partial charge in [0.2, 0.25) is 5.43 Å². The lowest BCUT2D eigenvalue weighted by Gasteiger charge is -2.35. The number of nitro benzene ring substituents is 1. The van der Waals surface area contributed by atoms with Crippen molar-refractivity contribution in [1.29, 1.82) is 0 Å². The van der Waals surface area contributed by atoms with E-state index in [0.717, 1.165) is 18.9 Å². The van der Waals surface area contributed by atoms with Gasteiger partial charge in [-0.2, -0.15) is 0 Å². The molecule has 47 heavy (non-hydrogen) atoms. The number of carbonyl (C=O) groups excluding carboxylic acids is 2. The number of aliphatic hydroxyl groups excluding tert-OH is 1. The summed E-state index contributed by atoms with van der Waals surface area (Å²) in [5, 5.41) is 27.8. The standard InChI is InChI=1S/C31H34Cl2FN5O8/c1-16-14-37(11-10-35-16)25-22(34)13-20-24(28(25)46-2)38(18-7-8-18)15-21(27(20)41)31(43)47-12-9-23(36-30(42)29(32)33)26(40)17-3-5-19(6-4-17)39(44)45/h3-6,13,15-16,18,23,26,29,35,40H,7-12,14H2,1-2H3,(H,36,42)/t16?,23-,26-/m1/s1. The summed E-state index contributed by atoms with van der Waals surface area (Å²) in [7, 11) is 1.42. The lowest BCUT2D eigenvalue weighted by atomic mass is 9.99. The summed E-state index contributed by atoms with van der Waals surface area (Å²) < 4.78 is 28.7. The minimum Gasteiger partial charge on any atom is -0.492 e. The number of aromatic nitrogens is 1. The Labute approximate surface area is 278 Å². The molecule has 252 valence electrons. The van der Waals surface area contributed by atoms with E-state index < -0.39 is 45.0 Å². The quantitative estimate of drug-likeness (QED) is 0.110. The molecule has 2 heterocycles. The number of rotatable bonds is 12. The van der Waals surface area contributed by atoms with Crippen molar-refractivity contribution in [1.82, 2.24) is 15.2 Å². The smallest absolute Gasteiger partial charge is 0.343 e. The molecule has 2 aliphatic rings. The maximum absolute atomic E-state index is 15.8. The first-order chi connectivity index (χ1) is 22.4. The van der Waals surface area contributed by atoms with Crippen LogP contribution in [0.3, 0.4) is 0 Å². The van der Waals surface area contributed by atoms with Crippen molar-refractivity contribution < 1.29 is 33.5 Å². The Balaban J connectivity index is 1.41. The molecule has 3 N–H and O–H groups in total. The molecule has 1 aliphatic carbocycles. The number of anilines is 1. The summed E-state index contributed by atoms with van der Waals surface area (Å²) in [6.45, 7) is 3.36. The van der Waals surface area contributed by atoms with Gasteiger partial charge in [0, 0.05) is 56.5 Å². The second-order valence-corrected chi connectivity index (χ2v) is 12.7. The molecule has 0 radical (unpaired) electrons. The van der Waals surface area contributed by atoms with Crippen molar-refractivity contribution in [2.45, 2.75) is 55.3 Å². The van der Waals surface area contributed by atoms with Crippen LogP contribution in [0, 0.1) is 15.9 Å². The molecule has 2 aromatic carbocycles. The molecule has 1 saturated carbocycles. The fourth-order valence-electron chi connectivity index (χ4n) is 5.79. The molecule has 2 fully saturated rings. The van der Waals surface area contributed by atoms with Crippen LogP contribution in [-0.4, -0.2) is 76.7 Å². The van der Waals surface area contributed by atoms with Gasteiger partial charge in [-0.25, -0.2) is 9.18 Å². The van der Waals surface area contributed by atoms with E-state index in [9.17, 15) is 29.6 Å². The monoisotopic (exact) mass is 693 g/mol. The fraction of sp³-hybridized carbons (Fsp3) is 0.452. The number of amides is 1. The average Bonchev–Trinajstić information content (AvgIpc) is 3.89. The first-order valence-corrected chi connectivity index (χ1v) is 15.9. The normalized spacial score (nSPS) is 17.8. The molecular formula is C31H34Cl2FN5O8. The number of carbonyl (C=O) groups is 2. The molecule has 1 aliphatic heterocycles. The highest BCUT2D eigenvalue weighted by molar-refractivity contribution is 6.53. The number of nitrogens with zero attached hydrogens (tertiary/aromatic N) is 3. The zero-order valence-corrected chi connectivity index (χ0v) is 27.1.